The number of rotatable bonds is 3. The lowest BCUT2D eigenvalue weighted by Gasteiger charge is -2.36. The molecule has 7 heteroatoms. The molecule has 0 radical (unpaired) electrons. The second kappa shape index (κ2) is 9.94. The molecule has 162 valence electrons. The third-order valence-electron chi connectivity index (χ3n) is 5.82. The smallest absolute Gasteiger partial charge is 0.211 e. The van der Waals surface area contributed by atoms with Crippen molar-refractivity contribution >= 4 is 49.3 Å². The first kappa shape index (κ1) is 23.5. The van der Waals surface area contributed by atoms with Gasteiger partial charge < -0.3 is 0 Å². The molecule has 0 aromatic heterocycles. The maximum absolute atomic E-state index is 12.0. The fourth-order valence-electron chi connectivity index (χ4n) is 4.30. The Morgan fingerprint density at radius 1 is 1.27 bits per heavy atom. The molecule has 1 aromatic rings. The SMILES string of the molecule is C=C1CC/C(Br)=C\c2cc(Cl)ccc2C(C2CCN(S(C)(=O)=O)CC2)C1=N/C=C\C. The highest BCUT2D eigenvalue weighted by Gasteiger charge is 2.35. The summed E-state index contributed by atoms with van der Waals surface area (Å²) in [7, 11) is -3.17. The van der Waals surface area contributed by atoms with Crippen molar-refractivity contribution in [1.82, 2.24) is 4.31 Å². The lowest BCUT2D eigenvalue weighted by molar-refractivity contribution is 0.265. The molecule has 0 spiro atoms. The van der Waals surface area contributed by atoms with Crippen LogP contribution >= 0.6 is 27.5 Å². The van der Waals surface area contributed by atoms with Gasteiger partial charge in [-0.1, -0.05) is 46.3 Å². The fraction of sp³-hybridized carbons (Fsp3) is 0.435. The van der Waals surface area contributed by atoms with Gasteiger partial charge in [0.1, 0.15) is 0 Å². The maximum atomic E-state index is 12.0. The van der Waals surface area contributed by atoms with Crippen molar-refractivity contribution in [3.05, 3.63) is 63.3 Å². The third kappa shape index (κ3) is 5.52. The van der Waals surface area contributed by atoms with Gasteiger partial charge in [0.25, 0.3) is 0 Å². The van der Waals surface area contributed by atoms with E-state index in [1.54, 1.807) is 4.31 Å². The maximum Gasteiger partial charge on any atom is 0.211 e. The summed E-state index contributed by atoms with van der Waals surface area (Å²) in [5, 5.41) is 0.695. The van der Waals surface area contributed by atoms with Crippen LogP contribution in [0, 0.1) is 5.92 Å². The normalized spacial score (nSPS) is 25.5. The summed E-state index contributed by atoms with van der Waals surface area (Å²) in [6, 6.07) is 6.01. The van der Waals surface area contributed by atoms with Crippen LogP contribution in [0.1, 0.15) is 49.7 Å². The molecule has 4 nitrogen and oxygen atoms in total. The van der Waals surface area contributed by atoms with Crippen LogP contribution in [-0.2, 0) is 10.0 Å². The van der Waals surface area contributed by atoms with E-state index in [0.29, 0.717) is 18.1 Å². The molecule has 1 saturated heterocycles. The van der Waals surface area contributed by atoms with Crippen molar-refractivity contribution < 1.29 is 8.42 Å². The van der Waals surface area contributed by atoms with Gasteiger partial charge in [0.2, 0.25) is 10.0 Å². The summed E-state index contributed by atoms with van der Waals surface area (Å²) >= 11 is 10.0. The van der Waals surface area contributed by atoms with Gasteiger partial charge in [0.05, 0.1) is 12.0 Å². The molecule has 1 aromatic carbocycles. The van der Waals surface area contributed by atoms with Crippen LogP contribution < -0.4 is 0 Å². The molecule has 1 atom stereocenters. The molecule has 30 heavy (non-hydrogen) atoms. The Morgan fingerprint density at radius 2 is 1.97 bits per heavy atom. The number of benzene rings is 1. The fourth-order valence-corrected chi connectivity index (χ4v) is 5.80. The van der Waals surface area contributed by atoms with E-state index in [0.717, 1.165) is 47.0 Å². The minimum atomic E-state index is -3.17. The van der Waals surface area contributed by atoms with Crippen molar-refractivity contribution in [3.63, 3.8) is 0 Å². The van der Waals surface area contributed by atoms with Crippen molar-refractivity contribution in [2.75, 3.05) is 19.3 Å². The number of piperidine rings is 1. The highest BCUT2D eigenvalue weighted by atomic mass is 79.9. The molecule has 1 fully saturated rings. The standard InChI is InChI=1S/C23H28BrClN2O2S/c1-4-11-26-23-16(2)5-6-19(24)14-18-15-20(25)7-8-21(18)22(23)17-9-12-27(13-10-17)30(3,28)29/h4,7-8,11,14-15,17,22H,2,5-6,9-10,12-13H2,1,3H3/b11-4-,19-14+,26-23?. The van der Waals surface area contributed by atoms with Crippen LogP contribution in [-0.4, -0.2) is 37.8 Å². The number of hydrogen-bond donors (Lipinski definition) is 0. The number of sulfonamides is 1. The predicted octanol–water partition coefficient (Wildman–Crippen LogP) is 6.16. The second-order valence-corrected chi connectivity index (χ2v) is 11.4. The monoisotopic (exact) mass is 510 g/mol. The van der Waals surface area contributed by atoms with E-state index >= 15 is 0 Å². The van der Waals surface area contributed by atoms with Gasteiger partial charge in [0.15, 0.2) is 0 Å². The number of halogens is 2. The number of nitrogens with zero attached hydrogens (tertiary/aromatic N) is 2. The average Bonchev–Trinajstić information content (AvgIpc) is 2.73. The highest BCUT2D eigenvalue weighted by molar-refractivity contribution is 9.11. The molecule has 1 aliphatic carbocycles. The Kier molecular flexibility index (Phi) is 7.77. The van der Waals surface area contributed by atoms with Gasteiger partial charge in [-0.15, -0.1) is 0 Å². The molecular formula is C23H28BrClN2O2S. The van der Waals surface area contributed by atoms with Crippen LogP contribution in [0.3, 0.4) is 0 Å². The van der Waals surface area contributed by atoms with Crippen LogP contribution in [0.4, 0.5) is 0 Å². The highest BCUT2D eigenvalue weighted by Crippen LogP contribution is 2.41. The van der Waals surface area contributed by atoms with Crippen LogP contribution in [0.25, 0.3) is 6.08 Å². The lowest BCUT2D eigenvalue weighted by Crippen LogP contribution is -2.40. The first-order valence-electron chi connectivity index (χ1n) is 10.2. The van der Waals surface area contributed by atoms with E-state index < -0.39 is 10.0 Å². The zero-order chi connectivity index (χ0) is 21.9. The Morgan fingerprint density at radius 3 is 2.60 bits per heavy atom. The van der Waals surface area contributed by atoms with Crippen LogP contribution in [0.2, 0.25) is 5.02 Å². The molecule has 0 amide bonds. The zero-order valence-electron chi connectivity index (χ0n) is 17.4. The topological polar surface area (TPSA) is 49.7 Å². The van der Waals surface area contributed by atoms with Gasteiger partial charge in [-0.25, -0.2) is 12.7 Å². The second-order valence-electron chi connectivity index (χ2n) is 7.94. The van der Waals surface area contributed by atoms with Gasteiger partial charge in [0, 0.05) is 30.2 Å². The molecule has 1 heterocycles. The first-order valence-corrected chi connectivity index (χ1v) is 13.2. The average molecular weight is 512 g/mol. The predicted molar refractivity (Wildman–Crippen MR) is 131 cm³/mol. The van der Waals surface area contributed by atoms with E-state index in [1.165, 1.54) is 11.8 Å². The largest absolute Gasteiger partial charge is 0.261 e. The first-order chi connectivity index (χ1) is 14.2. The number of allylic oxidation sites excluding steroid dienone is 3. The van der Waals surface area contributed by atoms with Crippen molar-refractivity contribution in [1.29, 1.82) is 0 Å². The number of aliphatic imine (C=N–C) groups is 1. The summed E-state index contributed by atoms with van der Waals surface area (Å²) in [5.74, 6) is 0.311. The zero-order valence-corrected chi connectivity index (χ0v) is 20.6. The molecule has 1 aliphatic heterocycles. The van der Waals surface area contributed by atoms with Gasteiger partial charge in [-0.2, -0.15) is 0 Å². The quantitative estimate of drug-likeness (QED) is 0.488. The Labute approximate surface area is 193 Å². The van der Waals surface area contributed by atoms with E-state index in [9.17, 15) is 8.42 Å². The van der Waals surface area contributed by atoms with Gasteiger partial charge in [-0.3, -0.25) is 4.99 Å². The molecule has 2 aliphatic rings. The Hall–Kier alpha value is -1.21. The van der Waals surface area contributed by atoms with Crippen molar-refractivity contribution in [3.8, 4) is 0 Å². The van der Waals surface area contributed by atoms with Gasteiger partial charge >= 0.3 is 0 Å². The molecule has 1 unspecified atom stereocenters. The van der Waals surface area contributed by atoms with E-state index in [4.69, 9.17) is 16.6 Å². The summed E-state index contributed by atoms with van der Waals surface area (Å²) in [4.78, 5) is 4.83. The molecule has 0 bridgehead atoms. The molecule has 0 N–H and O–H groups in total. The van der Waals surface area contributed by atoms with Crippen molar-refractivity contribution in [2.24, 2.45) is 10.9 Å². The lowest BCUT2D eigenvalue weighted by atomic mass is 9.74. The Balaban J connectivity index is 2.11. The van der Waals surface area contributed by atoms with E-state index in [-0.39, 0.29) is 11.8 Å². The van der Waals surface area contributed by atoms with Crippen molar-refractivity contribution in [2.45, 2.75) is 38.5 Å². The van der Waals surface area contributed by atoms with Crippen LogP contribution in [0.5, 0.6) is 0 Å². The van der Waals surface area contributed by atoms with E-state index in [1.807, 2.05) is 31.3 Å². The number of hydrogen-bond acceptors (Lipinski definition) is 3. The minimum absolute atomic E-state index is 0.0392. The minimum Gasteiger partial charge on any atom is -0.261 e. The Bertz CT molecular complexity index is 1010. The summed E-state index contributed by atoms with van der Waals surface area (Å²) in [6.07, 6.45) is 10.4. The summed E-state index contributed by atoms with van der Waals surface area (Å²) < 4.78 is 26.7. The van der Waals surface area contributed by atoms with Gasteiger partial charge in [-0.05, 0) is 77.9 Å². The summed E-state index contributed by atoms with van der Waals surface area (Å²) in [6.45, 7) is 7.39. The number of fused-ring (bicyclic) bond motifs is 1. The molecule has 3 rings (SSSR count). The molecule has 0 saturated carbocycles. The van der Waals surface area contributed by atoms with E-state index in [2.05, 4.69) is 34.7 Å². The molecular weight excluding hydrogens is 484 g/mol. The van der Waals surface area contributed by atoms with Crippen LogP contribution in [0.15, 0.2) is 52.1 Å². The third-order valence-corrected chi connectivity index (χ3v) is 7.98. The summed E-state index contributed by atoms with van der Waals surface area (Å²) in [5.41, 5.74) is 4.26.